The third-order valence-corrected chi connectivity index (χ3v) is 5.50. The van der Waals surface area contributed by atoms with Crippen LogP contribution in [0.15, 0.2) is 40.8 Å². The number of ketones is 1. The van der Waals surface area contributed by atoms with E-state index in [1.165, 1.54) is 6.92 Å². The summed E-state index contributed by atoms with van der Waals surface area (Å²) in [5.74, 6) is -1.08. The molecule has 0 aliphatic heterocycles. The van der Waals surface area contributed by atoms with Crippen LogP contribution in [0.1, 0.15) is 71.2 Å². The number of amides is 1. The van der Waals surface area contributed by atoms with Gasteiger partial charge in [-0.3, -0.25) is 4.79 Å². The highest BCUT2D eigenvalue weighted by Gasteiger charge is 2.21. The molecule has 0 aliphatic rings. The molecule has 1 aromatic rings. The number of benzene rings is 1. The normalized spacial score (nSPS) is 13.4. The highest BCUT2D eigenvalue weighted by molar-refractivity contribution is 5.97. The topological polar surface area (TPSA) is 137 Å². The van der Waals surface area contributed by atoms with Crippen LogP contribution in [0, 0.1) is 5.92 Å². The summed E-state index contributed by atoms with van der Waals surface area (Å²) in [4.78, 5) is 41.6. The molecule has 194 valence electrons. The summed E-state index contributed by atoms with van der Waals surface area (Å²) in [6, 6.07) is 5.99. The molecule has 0 bridgehead atoms. The van der Waals surface area contributed by atoms with E-state index in [1.807, 2.05) is 33.0 Å². The van der Waals surface area contributed by atoms with Gasteiger partial charge in [0.25, 0.3) is 5.91 Å². The van der Waals surface area contributed by atoms with Gasteiger partial charge in [-0.25, -0.2) is 9.79 Å². The van der Waals surface area contributed by atoms with Crippen molar-refractivity contribution in [1.82, 2.24) is 10.6 Å². The summed E-state index contributed by atoms with van der Waals surface area (Å²) in [7, 11) is 1.97. The van der Waals surface area contributed by atoms with Crippen molar-refractivity contribution in [3.05, 3.63) is 41.3 Å². The van der Waals surface area contributed by atoms with E-state index < -0.39 is 17.9 Å². The molecule has 5 N–H and O–H groups in total. The minimum Gasteiger partial charge on any atom is -0.480 e. The molecule has 9 heteroatoms. The molecule has 0 spiro atoms. The summed E-state index contributed by atoms with van der Waals surface area (Å²) in [6.07, 6.45) is 1.03. The second kappa shape index (κ2) is 14.1. The first-order valence-electron chi connectivity index (χ1n) is 12.0. The van der Waals surface area contributed by atoms with Crippen molar-refractivity contribution < 1.29 is 19.5 Å². The highest BCUT2D eigenvalue weighted by Crippen LogP contribution is 2.17. The maximum atomic E-state index is 12.5. The van der Waals surface area contributed by atoms with Gasteiger partial charge >= 0.3 is 5.97 Å². The average Bonchev–Trinajstić information content (AvgIpc) is 2.77. The number of allylic oxidation sites excluding steroid dienone is 1. The van der Waals surface area contributed by atoms with Crippen LogP contribution in [-0.4, -0.2) is 54.2 Å². The fraction of sp³-hybridized carbons (Fsp3) is 0.538. The third-order valence-electron chi connectivity index (χ3n) is 5.50. The Hall–Kier alpha value is -3.36. The number of nitrogens with one attached hydrogen (secondary N) is 2. The van der Waals surface area contributed by atoms with Gasteiger partial charge in [-0.05, 0) is 63.8 Å². The number of carboxylic acid groups (broad SMARTS) is 1. The summed E-state index contributed by atoms with van der Waals surface area (Å²) in [5.41, 5.74) is 9.30. The van der Waals surface area contributed by atoms with Gasteiger partial charge in [0.05, 0.1) is 5.70 Å². The number of nitrogens with zero attached hydrogens (tertiary/aromatic N) is 2. The Morgan fingerprint density at radius 1 is 1.09 bits per heavy atom. The van der Waals surface area contributed by atoms with E-state index in [9.17, 15) is 19.5 Å². The molecule has 1 amide bonds. The van der Waals surface area contributed by atoms with E-state index in [0.717, 1.165) is 23.5 Å². The number of hydrogen-bond acceptors (Lipinski definition) is 7. The van der Waals surface area contributed by atoms with Gasteiger partial charge < -0.3 is 31.2 Å². The van der Waals surface area contributed by atoms with Gasteiger partial charge in [0.15, 0.2) is 0 Å². The van der Waals surface area contributed by atoms with Crippen LogP contribution >= 0.6 is 0 Å². The van der Waals surface area contributed by atoms with Gasteiger partial charge in [0.1, 0.15) is 17.6 Å². The SMILES string of the molecule is CCC(CN(C)c1ccc(C(=O)NC(CCC(C)=O)C(=O)O)cc1)N/C(=C(\N)N=C(C)C)C(C)C. The van der Waals surface area contributed by atoms with Crippen molar-refractivity contribution in [1.29, 1.82) is 0 Å². The zero-order valence-corrected chi connectivity index (χ0v) is 22.0. The largest absolute Gasteiger partial charge is 0.480 e. The quantitative estimate of drug-likeness (QED) is 0.295. The van der Waals surface area contributed by atoms with Gasteiger partial charge in [0.2, 0.25) is 0 Å². The molecule has 2 unspecified atom stereocenters. The summed E-state index contributed by atoms with van der Waals surface area (Å²) in [5, 5.41) is 15.4. The van der Waals surface area contributed by atoms with E-state index in [0.29, 0.717) is 17.9 Å². The van der Waals surface area contributed by atoms with Crippen LogP contribution in [-0.2, 0) is 9.59 Å². The first-order valence-corrected chi connectivity index (χ1v) is 12.0. The molecule has 0 saturated heterocycles. The number of likely N-dealkylation sites (N-methyl/N-ethyl adjacent to an activating group) is 1. The number of carboxylic acids is 1. The first kappa shape index (κ1) is 29.7. The number of hydrogen-bond donors (Lipinski definition) is 4. The second-order valence-corrected chi connectivity index (χ2v) is 9.29. The van der Waals surface area contributed by atoms with Crippen LogP contribution in [0.3, 0.4) is 0 Å². The number of carbonyl (C=O) groups is 3. The lowest BCUT2D eigenvalue weighted by Gasteiger charge is -2.29. The van der Waals surface area contributed by atoms with Gasteiger partial charge in [0, 0.05) is 43.0 Å². The average molecular weight is 488 g/mol. The molecule has 0 aromatic heterocycles. The van der Waals surface area contributed by atoms with Crippen molar-refractivity contribution in [2.75, 3.05) is 18.5 Å². The summed E-state index contributed by atoms with van der Waals surface area (Å²) in [6.45, 7) is 12.2. The molecule has 0 aliphatic carbocycles. The molecule has 35 heavy (non-hydrogen) atoms. The number of aliphatic imine (C=N–C) groups is 1. The molecule has 1 rings (SSSR count). The van der Waals surface area contributed by atoms with Crippen molar-refractivity contribution in [3.63, 3.8) is 0 Å². The predicted octanol–water partition coefficient (Wildman–Crippen LogP) is 3.31. The number of nitrogens with two attached hydrogens (primary N) is 1. The van der Waals surface area contributed by atoms with Crippen molar-refractivity contribution in [2.45, 2.75) is 72.9 Å². The minimum absolute atomic E-state index is 0.0586. The molecular weight excluding hydrogens is 446 g/mol. The van der Waals surface area contributed by atoms with Crippen LogP contribution in [0.2, 0.25) is 0 Å². The highest BCUT2D eigenvalue weighted by atomic mass is 16.4. The molecule has 2 atom stereocenters. The first-order chi connectivity index (χ1) is 16.3. The Labute approximate surface area is 208 Å². The fourth-order valence-electron chi connectivity index (χ4n) is 3.48. The van der Waals surface area contributed by atoms with Crippen molar-refractivity contribution in [2.24, 2.45) is 16.6 Å². The lowest BCUT2D eigenvalue weighted by molar-refractivity contribution is -0.139. The van der Waals surface area contributed by atoms with Crippen LogP contribution in [0.4, 0.5) is 5.69 Å². The zero-order chi connectivity index (χ0) is 26.7. The second-order valence-electron chi connectivity index (χ2n) is 9.29. The van der Waals surface area contributed by atoms with E-state index in [1.54, 1.807) is 12.1 Å². The Morgan fingerprint density at radius 3 is 2.14 bits per heavy atom. The van der Waals surface area contributed by atoms with Crippen LogP contribution in [0.5, 0.6) is 0 Å². The summed E-state index contributed by atoms with van der Waals surface area (Å²) < 4.78 is 0. The Balaban J connectivity index is 2.89. The molecule has 0 heterocycles. The van der Waals surface area contributed by atoms with Gasteiger partial charge in [-0.2, -0.15) is 0 Å². The van der Waals surface area contributed by atoms with E-state index in [2.05, 4.69) is 41.3 Å². The maximum absolute atomic E-state index is 12.5. The van der Waals surface area contributed by atoms with Crippen molar-refractivity contribution >= 4 is 29.1 Å². The molecule has 0 fully saturated rings. The van der Waals surface area contributed by atoms with Crippen LogP contribution < -0.4 is 21.3 Å². The van der Waals surface area contributed by atoms with E-state index in [-0.39, 0.29) is 30.6 Å². The minimum atomic E-state index is -1.16. The summed E-state index contributed by atoms with van der Waals surface area (Å²) >= 11 is 0. The number of rotatable bonds is 14. The molecule has 0 saturated carbocycles. The maximum Gasteiger partial charge on any atom is 0.326 e. The van der Waals surface area contributed by atoms with Gasteiger partial charge in [-0.15, -0.1) is 0 Å². The number of anilines is 1. The Morgan fingerprint density at radius 2 is 1.69 bits per heavy atom. The third kappa shape index (κ3) is 10.2. The van der Waals surface area contributed by atoms with Gasteiger partial charge in [-0.1, -0.05) is 20.8 Å². The monoisotopic (exact) mass is 487 g/mol. The predicted molar refractivity (Wildman–Crippen MR) is 141 cm³/mol. The Kier molecular flexibility index (Phi) is 12.0. The number of carbonyl (C=O) groups excluding carboxylic acids is 2. The van der Waals surface area contributed by atoms with E-state index in [4.69, 9.17) is 5.73 Å². The molecule has 1 aromatic carbocycles. The standard InChI is InChI=1S/C26H41N5O4/c1-8-20(29-23(16(2)3)24(27)28-17(4)5)15-31(7)21-12-10-19(11-13-21)25(33)30-22(26(34)35)14-9-18(6)32/h10-13,16,20,22,29H,8-9,14-15,27H2,1-7H3,(H,30,33)(H,34,35)/b24-23+. The number of Topliss-reactive ketones (excluding diaryl/α,β-unsaturated/α-hetero) is 1. The van der Waals surface area contributed by atoms with Crippen LogP contribution in [0.25, 0.3) is 0 Å². The lowest BCUT2D eigenvalue weighted by Crippen LogP contribution is -2.41. The Bertz CT molecular complexity index is 934. The zero-order valence-electron chi connectivity index (χ0n) is 22.0. The fourth-order valence-corrected chi connectivity index (χ4v) is 3.48. The lowest BCUT2D eigenvalue weighted by atomic mass is 10.1. The molecular formula is C26H41N5O4. The van der Waals surface area contributed by atoms with Crippen molar-refractivity contribution in [3.8, 4) is 0 Å². The molecule has 0 radical (unpaired) electrons. The number of aliphatic carboxylic acids is 1. The smallest absolute Gasteiger partial charge is 0.326 e. The molecule has 9 nitrogen and oxygen atoms in total. The van der Waals surface area contributed by atoms with E-state index >= 15 is 0 Å².